The van der Waals surface area contributed by atoms with Crippen molar-refractivity contribution in [2.75, 3.05) is 0 Å². The van der Waals surface area contributed by atoms with Crippen LogP contribution in [-0.2, 0) is 6.18 Å². The molecule has 3 rings (SSSR count). The van der Waals surface area contributed by atoms with Gasteiger partial charge in [-0.2, -0.15) is 18.3 Å². The average molecular weight is 311 g/mol. The zero-order valence-electron chi connectivity index (χ0n) is 10.9. The van der Waals surface area contributed by atoms with Crippen LogP contribution in [-0.4, -0.2) is 14.8 Å². The molecule has 21 heavy (non-hydrogen) atoms. The predicted octanol–water partition coefficient (Wildman–Crippen LogP) is 3.40. The molecule has 0 atom stereocenters. The molecular formula is C14H12F3N3S. The molecule has 0 aliphatic heterocycles. The number of nitrogens with two attached hydrogens (primary N) is 1. The van der Waals surface area contributed by atoms with Crippen LogP contribution in [0.25, 0.3) is 5.69 Å². The molecule has 1 fully saturated rings. The molecular weight excluding hydrogens is 299 g/mol. The fourth-order valence-electron chi connectivity index (χ4n) is 2.18. The lowest BCUT2D eigenvalue weighted by Crippen LogP contribution is -2.16. The van der Waals surface area contributed by atoms with Crippen molar-refractivity contribution in [3.05, 3.63) is 47.3 Å². The van der Waals surface area contributed by atoms with Crippen LogP contribution in [0.4, 0.5) is 13.2 Å². The van der Waals surface area contributed by atoms with Gasteiger partial charge >= 0.3 is 6.18 Å². The fraction of sp³-hybridized carbons (Fsp3) is 0.286. The molecule has 3 nitrogen and oxygen atoms in total. The first-order chi connectivity index (χ1) is 9.86. The number of thiocarbonyl (C=S) groups is 1. The summed E-state index contributed by atoms with van der Waals surface area (Å²) in [5, 5.41) is 4.40. The molecule has 0 saturated heterocycles. The molecule has 7 heteroatoms. The van der Waals surface area contributed by atoms with E-state index < -0.39 is 11.7 Å². The van der Waals surface area contributed by atoms with Gasteiger partial charge in [-0.25, -0.2) is 4.68 Å². The fourth-order valence-corrected chi connectivity index (χ4v) is 2.34. The van der Waals surface area contributed by atoms with Gasteiger partial charge in [-0.3, -0.25) is 0 Å². The van der Waals surface area contributed by atoms with Crippen LogP contribution in [0.15, 0.2) is 30.5 Å². The quantitative estimate of drug-likeness (QED) is 0.884. The Labute approximate surface area is 124 Å². The first kappa shape index (κ1) is 14.1. The molecule has 1 aliphatic carbocycles. The Morgan fingerprint density at radius 1 is 1.29 bits per heavy atom. The molecule has 2 aromatic rings. The highest BCUT2D eigenvalue weighted by molar-refractivity contribution is 7.80. The van der Waals surface area contributed by atoms with Crippen LogP contribution in [0.2, 0.25) is 0 Å². The van der Waals surface area contributed by atoms with Crippen LogP contribution < -0.4 is 5.73 Å². The lowest BCUT2D eigenvalue weighted by molar-refractivity contribution is -0.137. The largest absolute Gasteiger partial charge is 0.416 e. The highest BCUT2D eigenvalue weighted by atomic mass is 32.1. The second-order valence-corrected chi connectivity index (χ2v) is 5.49. The monoisotopic (exact) mass is 311 g/mol. The van der Waals surface area contributed by atoms with Crippen molar-refractivity contribution >= 4 is 17.2 Å². The van der Waals surface area contributed by atoms with E-state index in [-0.39, 0.29) is 10.6 Å². The van der Waals surface area contributed by atoms with Crippen molar-refractivity contribution in [3.63, 3.8) is 0 Å². The molecule has 1 aliphatic rings. The standard InChI is InChI=1S/C14H12F3N3S/c15-14(16,17)9-3-4-12(10(7-9)13(18)21)20-6-5-11(19-20)8-1-2-8/h3-8H,1-2H2,(H2,18,21). The van der Waals surface area contributed by atoms with E-state index in [4.69, 9.17) is 18.0 Å². The van der Waals surface area contributed by atoms with Gasteiger partial charge in [0.2, 0.25) is 0 Å². The summed E-state index contributed by atoms with van der Waals surface area (Å²) >= 11 is 4.87. The van der Waals surface area contributed by atoms with E-state index >= 15 is 0 Å². The summed E-state index contributed by atoms with van der Waals surface area (Å²) in [7, 11) is 0. The smallest absolute Gasteiger partial charge is 0.389 e. The van der Waals surface area contributed by atoms with Crippen LogP contribution in [0.3, 0.4) is 0 Å². The van der Waals surface area contributed by atoms with Crippen LogP contribution in [0.5, 0.6) is 0 Å². The molecule has 0 unspecified atom stereocenters. The lowest BCUT2D eigenvalue weighted by Gasteiger charge is -2.12. The van der Waals surface area contributed by atoms with Crippen molar-refractivity contribution in [2.45, 2.75) is 24.9 Å². The van der Waals surface area contributed by atoms with Gasteiger partial charge in [-0.05, 0) is 37.1 Å². The summed E-state index contributed by atoms with van der Waals surface area (Å²) in [5.74, 6) is 0.467. The molecule has 2 N–H and O–H groups in total. The molecule has 1 aromatic heterocycles. The van der Waals surface area contributed by atoms with E-state index in [1.807, 2.05) is 6.07 Å². The zero-order chi connectivity index (χ0) is 15.2. The van der Waals surface area contributed by atoms with Crippen molar-refractivity contribution in [3.8, 4) is 5.69 Å². The van der Waals surface area contributed by atoms with Crippen LogP contribution in [0.1, 0.15) is 35.6 Å². The molecule has 1 aromatic carbocycles. The van der Waals surface area contributed by atoms with Crippen molar-refractivity contribution in [1.29, 1.82) is 0 Å². The number of hydrogen-bond acceptors (Lipinski definition) is 2. The highest BCUT2D eigenvalue weighted by Gasteiger charge is 2.31. The maximum Gasteiger partial charge on any atom is 0.416 e. The molecule has 1 saturated carbocycles. The normalized spacial score (nSPS) is 15.2. The molecule has 110 valence electrons. The Morgan fingerprint density at radius 3 is 2.57 bits per heavy atom. The summed E-state index contributed by atoms with van der Waals surface area (Å²) in [6.45, 7) is 0. The predicted molar refractivity (Wildman–Crippen MR) is 76.4 cm³/mol. The van der Waals surface area contributed by atoms with Gasteiger partial charge in [0.05, 0.1) is 16.9 Å². The number of nitrogens with zero attached hydrogens (tertiary/aromatic N) is 2. The van der Waals surface area contributed by atoms with Crippen LogP contribution in [0, 0.1) is 0 Å². The number of aromatic nitrogens is 2. The van der Waals surface area contributed by atoms with Gasteiger partial charge < -0.3 is 5.73 Å². The van der Waals surface area contributed by atoms with Gasteiger partial charge in [0.1, 0.15) is 4.99 Å². The first-order valence-electron chi connectivity index (χ1n) is 6.43. The summed E-state index contributed by atoms with van der Waals surface area (Å²) in [6.07, 6.45) is -0.502. The Hall–Kier alpha value is -1.89. The summed E-state index contributed by atoms with van der Waals surface area (Å²) < 4.78 is 39.9. The van der Waals surface area contributed by atoms with Gasteiger partial charge in [0.15, 0.2) is 0 Å². The Bertz CT molecular complexity index is 702. The minimum absolute atomic E-state index is 0.0837. The third-order valence-corrected chi connectivity index (χ3v) is 3.66. The third kappa shape index (κ3) is 2.78. The minimum atomic E-state index is -4.43. The molecule has 0 radical (unpaired) electrons. The minimum Gasteiger partial charge on any atom is -0.389 e. The molecule has 0 spiro atoms. The van der Waals surface area contributed by atoms with Crippen LogP contribution >= 0.6 is 12.2 Å². The zero-order valence-corrected chi connectivity index (χ0v) is 11.7. The maximum atomic E-state index is 12.8. The topological polar surface area (TPSA) is 43.8 Å². The Balaban J connectivity index is 2.06. The van der Waals surface area contributed by atoms with Crippen molar-refractivity contribution in [2.24, 2.45) is 5.73 Å². The SMILES string of the molecule is NC(=S)c1cc(C(F)(F)F)ccc1-n1ccc(C2CC2)n1. The number of rotatable bonds is 3. The van der Waals surface area contributed by atoms with Gasteiger partial charge in [-0.15, -0.1) is 0 Å². The van der Waals surface area contributed by atoms with Gasteiger partial charge in [0, 0.05) is 17.7 Å². The lowest BCUT2D eigenvalue weighted by atomic mass is 10.1. The Morgan fingerprint density at radius 2 is 2.00 bits per heavy atom. The van der Waals surface area contributed by atoms with Gasteiger partial charge in [-0.1, -0.05) is 12.2 Å². The third-order valence-electron chi connectivity index (χ3n) is 3.44. The number of halogens is 3. The van der Waals surface area contributed by atoms with Crippen molar-refractivity contribution in [1.82, 2.24) is 9.78 Å². The number of benzene rings is 1. The summed E-state index contributed by atoms with van der Waals surface area (Å²) in [5.41, 5.74) is 6.37. The number of hydrogen-bond donors (Lipinski definition) is 1. The summed E-state index contributed by atoms with van der Waals surface area (Å²) in [6, 6.07) is 5.20. The highest BCUT2D eigenvalue weighted by Crippen LogP contribution is 2.39. The summed E-state index contributed by atoms with van der Waals surface area (Å²) in [4.78, 5) is -0.0837. The second kappa shape index (κ2) is 4.84. The molecule has 0 bridgehead atoms. The molecule has 1 heterocycles. The number of alkyl halides is 3. The van der Waals surface area contributed by atoms with Gasteiger partial charge in [0.25, 0.3) is 0 Å². The van der Waals surface area contributed by atoms with E-state index in [1.165, 1.54) is 10.7 Å². The first-order valence-corrected chi connectivity index (χ1v) is 6.84. The maximum absolute atomic E-state index is 12.8. The average Bonchev–Trinajstić information content (AvgIpc) is 3.15. The van der Waals surface area contributed by atoms with E-state index in [1.54, 1.807) is 6.20 Å². The van der Waals surface area contributed by atoms with Crippen molar-refractivity contribution < 1.29 is 13.2 Å². The van der Waals surface area contributed by atoms with E-state index in [2.05, 4.69) is 5.10 Å². The molecule has 0 amide bonds. The second-order valence-electron chi connectivity index (χ2n) is 5.05. The Kier molecular flexibility index (Phi) is 3.24. The van der Waals surface area contributed by atoms with E-state index in [0.29, 0.717) is 11.6 Å². The van der Waals surface area contributed by atoms with E-state index in [9.17, 15) is 13.2 Å². The van der Waals surface area contributed by atoms with E-state index in [0.717, 1.165) is 30.7 Å².